The fraction of sp³-hybridized carbons (Fsp3) is 0.700. The van der Waals surface area contributed by atoms with Crippen molar-refractivity contribution in [3.63, 3.8) is 0 Å². The van der Waals surface area contributed by atoms with Crippen LogP contribution in [0.4, 0.5) is 4.79 Å². The molecule has 17 heavy (non-hydrogen) atoms. The number of nitrogens with one attached hydrogen (secondary N) is 3. The number of urea groups is 1. The standard InChI is InChI=1S/C10H20N4O3/c1-7(2)5-13-8(15)3-4-12-6-9(16)14-10(11)17/h7,12H,3-6H2,1-2H3,(H,13,15)(H3,11,14,16,17). The van der Waals surface area contributed by atoms with Gasteiger partial charge in [0.25, 0.3) is 0 Å². The monoisotopic (exact) mass is 244 g/mol. The molecular formula is C10H20N4O3. The Morgan fingerprint density at radius 1 is 1.18 bits per heavy atom. The van der Waals surface area contributed by atoms with Crippen LogP contribution >= 0.6 is 0 Å². The number of carbonyl (C=O) groups excluding carboxylic acids is 3. The lowest BCUT2D eigenvalue weighted by Gasteiger charge is -2.08. The molecule has 0 heterocycles. The Kier molecular flexibility index (Phi) is 7.70. The molecule has 7 nitrogen and oxygen atoms in total. The molecular weight excluding hydrogens is 224 g/mol. The molecule has 0 aromatic carbocycles. The van der Waals surface area contributed by atoms with Crippen LogP contribution in [0.25, 0.3) is 0 Å². The molecule has 5 N–H and O–H groups in total. The Morgan fingerprint density at radius 3 is 2.35 bits per heavy atom. The predicted molar refractivity (Wildman–Crippen MR) is 63.1 cm³/mol. The quantitative estimate of drug-likeness (QED) is 0.427. The number of rotatable bonds is 7. The molecule has 0 unspecified atom stereocenters. The lowest BCUT2D eigenvalue weighted by atomic mass is 10.2. The van der Waals surface area contributed by atoms with E-state index in [1.807, 2.05) is 19.2 Å². The van der Waals surface area contributed by atoms with Crippen LogP contribution in [-0.4, -0.2) is 37.5 Å². The molecule has 0 spiro atoms. The minimum absolute atomic E-state index is 0.0413. The zero-order valence-electron chi connectivity index (χ0n) is 10.2. The van der Waals surface area contributed by atoms with Crippen molar-refractivity contribution in [3.8, 4) is 0 Å². The highest BCUT2D eigenvalue weighted by Gasteiger charge is 2.04. The van der Waals surface area contributed by atoms with E-state index in [2.05, 4.69) is 10.6 Å². The van der Waals surface area contributed by atoms with E-state index < -0.39 is 11.9 Å². The van der Waals surface area contributed by atoms with Gasteiger partial charge in [-0.1, -0.05) is 13.8 Å². The van der Waals surface area contributed by atoms with Gasteiger partial charge in [0.1, 0.15) is 0 Å². The molecule has 0 aliphatic rings. The number of imide groups is 1. The first-order valence-corrected chi connectivity index (χ1v) is 5.48. The van der Waals surface area contributed by atoms with E-state index in [1.54, 1.807) is 0 Å². The second-order valence-electron chi connectivity index (χ2n) is 4.04. The third-order valence-corrected chi connectivity index (χ3v) is 1.78. The van der Waals surface area contributed by atoms with E-state index >= 15 is 0 Å². The first-order valence-electron chi connectivity index (χ1n) is 5.48. The van der Waals surface area contributed by atoms with Crippen molar-refractivity contribution in [1.82, 2.24) is 16.0 Å². The molecule has 98 valence electrons. The topological polar surface area (TPSA) is 113 Å². The highest BCUT2D eigenvalue weighted by molar-refractivity contribution is 5.94. The van der Waals surface area contributed by atoms with Gasteiger partial charge < -0.3 is 16.4 Å². The van der Waals surface area contributed by atoms with Gasteiger partial charge in [-0.25, -0.2) is 4.79 Å². The summed E-state index contributed by atoms with van der Waals surface area (Å²) in [4.78, 5) is 32.5. The summed E-state index contributed by atoms with van der Waals surface area (Å²) in [5, 5.41) is 7.39. The van der Waals surface area contributed by atoms with Gasteiger partial charge in [-0.3, -0.25) is 14.9 Å². The zero-order valence-corrected chi connectivity index (χ0v) is 10.2. The number of hydrogen-bond acceptors (Lipinski definition) is 4. The van der Waals surface area contributed by atoms with Crippen LogP contribution in [-0.2, 0) is 9.59 Å². The molecule has 0 radical (unpaired) electrons. The van der Waals surface area contributed by atoms with E-state index in [0.29, 0.717) is 19.0 Å². The van der Waals surface area contributed by atoms with Crippen LogP contribution in [0.5, 0.6) is 0 Å². The molecule has 0 fully saturated rings. The third-order valence-electron chi connectivity index (χ3n) is 1.78. The summed E-state index contributed by atoms with van der Waals surface area (Å²) in [6.07, 6.45) is 0.288. The first kappa shape index (κ1) is 15.4. The van der Waals surface area contributed by atoms with Gasteiger partial charge in [0.15, 0.2) is 0 Å². The molecule has 0 aliphatic carbocycles. The Balaban J connectivity index is 3.47. The highest BCUT2D eigenvalue weighted by Crippen LogP contribution is 1.87. The minimum atomic E-state index is -0.883. The average molecular weight is 244 g/mol. The number of hydrogen-bond donors (Lipinski definition) is 4. The maximum absolute atomic E-state index is 11.2. The smallest absolute Gasteiger partial charge is 0.318 e. The van der Waals surface area contributed by atoms with Gasteiger partial charge >= 0.3 is 6.03 Å². The first-order chi connectivity index (χ1) is 7.91. The van der Waals surface area contributed by atoms with Crippen molar-refractivity contribution >= 4 is 17.8 Å². The summed E-state index contributed by atoms with van der Waals surface area (Å²) in [7, 11) is 0. The summed E-state index contributed by atoms with van der Waals surface area (Å²) < 4.78 is 0. The highest BCUT2D eigenvalue weighted by atomic mass is 16.2. The summed E-state index contributed by atoms with van der Waals surface area (Å²) in [6.45, 7) is 4.98. The molecule has 0 saturated heterocycles. The Hall–Kier alpha value is -1.63. The lowest BCUT2D eigenvalue weighted by molar-refractivity contribution is -0.122. The second-order valence-corrected chi connectivity index (χ2v) is 4.04. The van der Waals surface area contributed by atoms with Gasteiger partial charge in [0, 0.05) is 19.5 Å². The zero-order chi connectivity index (χ0) is 13.3. The van der Waals surface area contributed by atoms with Crippen molar-refractivity contribution in [2.75, 3.05) is 19.6 Å². The SMILES string of the molecule is CC(C)CNC(=O)CCNCC(=O)NC(N)=O. The summed E-state index contributed by atoms with van der Waals surface area (Å²) >= 11 is 0. The molecule has 0 aliphatic heterocycles. The summed E-state index contributed by atoms with van der Waals surface area (Å²) in [5.41, 5.74) is 4.75. The molecule has 0 bridgehead atoms. The van der Waals surface area contributed by atoms with Crippen molar-refractivity contribution in [3.05, 3.63) is 0 Å². The fourth-order valence-corrected chi connectivity index (χ4v) is 0.992. The van der Waals surface area contributed by atoms with Crippen molar-refractivity contribution in [2.24, 2.45) is 11.7 Å². The van der Waals surface area contributed by atoms with Gasteiger partial charge in [-0.15, -0.1) is 0 Å². The molecule has 0 saturated carbocycles. The van der Waals surface area contributed by atoms with Crippen LogP contribution in [0.2, 0.25) is 0 Å². The van der Waals surface area contributed by atoms with Crippen molar-refractivity contribution in [1.29, 1.82) is 0 Å². The van der Waals surface area contributed by atoms with Crippen molar-refractivity contribution < 1.29 is 14.4 Å². The molecule has 0 atom stereocenters. The number of nitrogens with two attached hydrogens (primary N) is 1. The molecule has 7 heteroatoms. The third kappa shape index (κ3) is 10.6. The molecule has 0 aromatic rings. The summed E-state index contributed by atoms with van der Waals surface area (Å²) in [6, 6.07) is -0.883. The minimum Gasteiger partial charge on any atom is -0.356 e. The predicted octanol–water partition coefficient (Wildman–Crippen LogP) is -1.07. The maximum atomic E-state index is 11.2. The van der Waals surface area contributed by atoms with Crippen LogP contribution in [0, 0.1) is 5.92 Å². The maximum Gasteiger partial charge on any atom is 0.318 e. The molecule has 4 amide bonds. The Bertz CT molecular complexity index is 279. The average Bonchev–Trinajstić information content (AvgIpc) is 2.20. The van der Waals surface area contributed by atoms with E-state index in [4.69, 9.17) is 5.73 Å². The largest absolute Gasteiger partial charge is 0.356 e. The number of primary amides is 1. The Labute approximate surface area is 100 Å². The normalized spacial score (nSPS) is 10.1. The summed E-state index contributed by atoms with van der Waals surface area (Å²) in [5.74, 6) is -0.171. The van der Waals surface area contributed by atoms with E-state index in [0.717, 1.165) is 0 Å². The molecule has 0 rings (SSSR count). The van der Waals surface area contributed by atoms with Gasteiger partial charge in [-0.2, -0.15) is 0 Å². The van der Waals surface area contributed by atoms with Crippen LogP contribution in [0.3, 0.4) is 0 Å². The number of carbonyl (C=O) groups is 3. The Morgan fingerprint density at radius 2 is 1.82 bits per heavy atom. The van der Waals surface area contributed by atoms with Gasteiger partial charge in [0.2, 0.25) is 11.8 Å². The second kappa shape index (κ2) is 8.51. The van der Waals surface area contributed by atoms with E-state index in [-0.39, 0.29) is 18.9 Å². The van der Waals surface area contributed by atoms with E-state index in [1.165, 1.54) is 0 Å². The van der Waals surface area contributed by atoms with Crippen LogP contribution in [0.15, 0.2) is 0 Å². The van der Waals surface area contributed by atoms with Crippen LogP contribution in [0.1, 0.15) is 20.3 Å². The van der Waals surface area contributed by atoms with Gasteiger partial charge in [0.05, 0.1) is 6.54 Å². The van der Waals surface area contributed by atoms with Crippen LogP contribution < -0.4 is 21.7 Å². The fourth-order valence-electron chi connectivity index (χ4n) is 0.992. The van der Waals surface area contributed by atoms with E-state index in [9.17, 15) is 14.4 Å². The lowest BCUT2D eigenvalue weighted by Crippen LogP contribution is -2.41. The molecule has 0 aromatic heterocycles. The van der Waals surface area contributed by atoms with Gasteiger partial charge in [-0.05, 0) is 5.92 Å². The van der Waals surface area contributed by atoms with Crippen molar-refractivity contribution in [2.45, 2.75) is 20.3 Å². The number of amides is 4.